The Morgan fingerprint density at radius 2 is 0.610 bits per heavy atom. The number of aromatic nitrogens is 12. The van der Waals surface area contributed by atoms with Crippen molar-refractivity contribution in [1.82, 2.24) is 96.7 Å². The van der Waals surface area contributed by atoms with E-state index in [4.69, 9.17) is 54.5 Å². The number of halogens is 11. The van der Waals surface area contributed by atoms with E-state index < -0.39 is 47.6 Å². The number of piperazine rings is 4. The fraction of sp³-hybridized carbons (Fsp3) is 0.520. The number of fused-ring (bicyclic) bond motifs is 4. The first-order valence-corrected chi connectivity index (χ1v) is 49.1. The van der Waals surface area contributed by atoms with Crippen molar-refractivity contribution in [2.45, 2.75) is 184 Å². The number of ether oxygens (including phenoxy) is 1. The molecule has 8 aliphatic heterocycles. The summed E-state index contributed by atoms with van der Waals surface area (Å²) in [6.45, 7) is 24.3. The maximum absolute atomic E-state index is 16.0. The number of likely N-dealkylation sites (tertiary alicyclic amines) is 4. The number of likely N-dealkylation sites (N-methyl/N-ethyl adjacent to an activating group) is 2. The summed E-state index contributed by atoms with van der Waals surface area (Å²) in [7, 11) is 13.7. The quantitative estimate of drug-likeness (QED) is 0.0837. The van der Waals surface area contributed by atoms with Crippen LogP contribution in [0.3, 0.4) is 0 Å². The largest absolute Gasteiger partial charge is 0.418 e. The average Bonchev–Trinajstić information content (AvgIpc) is 1.55. The summed E-state index contributed by atoms with van der Waals surface area (Å²) in [4.78, 5) is 64.1. The van der Waals surface area contributed by atoms with Gasteiger partial charge >= 0.3 is 12.4 Å². The second kappa shape index (κ2) is 42.3. The van der Waals surface area contributed by atoms with Gasteiger partial charge < -0.3 is 34.1 Å². The van der Waals surface area contributed by atoms with E-state index in [2.05, 4.69) is 156 Å². The molecular formula is C100H125Cl3F8N24O. The second-order valence-electron chi connectivity index (χ2n) is 38.0. The number of anilines is 4. The van der Waals surface area contributed by atoms with Crippen LogP contribution in [0.2, 0.25) is 15.2 Å². The van der Waals surface area contributed by atoms with Crippen LogP contribution in [0.5, 0.6) is 0 Å². The third-order valence-corrected chi connectivity index (χ3v) is 30.3. The number of nitrogens with zero attached hydrogens (tertiary/aromatic N) is 24. The summed E-state index contributed by atoms with van der Waals surface area (Å²) in [6.07, 6.45) is 7.42. The molecule has 0 bridgehead atoms. The van der Waals surface area contributed by atoms with Crippen LogP contribution in [-0.2, 0) is 23.7 Å². The number of hydrogen-bond donors (Lipinski definition) is 0. The lowest BCUT2D eigenvalue weighted by atomic mass is 9.90. The Hall–Kier alpha value is -9.49. The van der Waals surface area contributed by atoms with E-state index >= 15 is 8.78 Å². The Morgan fingerprint density at radius 1 is 0.331 bits per heavy atom. The summed E-state index contributed by atoms with van der Waals surface area (Å²) < 4.78 is 127. The number of pyridine rings is 8. The minimum atomic E-state index is -4.50. The molecule has 12 aromatic heterocycles. The molecule has 0 radical (unpaired) electrons. The molecule has 20 rings (SSSR count). The lowest BCUT2D eigenvalue weighted by molar-refractivity contribution is -0.140. The summed E-state index contributed by atoms with van der Waals surface area (Å²) in [6, 6.07) is 35.9. The molecule has 12 aromatic rings. The van der Waals surface area contributed by atoms with Crippen LogP contribution >= 0.6 is 34.8 Å². The van der Waals surface area contributed by atoms with Gasteiger partial charge in [-0.3, -0.25) is 66.9 Å². The zero-order valence-corrected chi connectivity index (χ0v) is 81.7. The van der Waals surface area contributed by atoms with Crippen LogP contribution in [0.4, 0.5) is 58.4 Å². The Kier molecular flexibility index (Phi) is 30.5. The van der Waals surface area contributed by atoms with Crippen LogP contribution in [0.15, 0.2) is 146 Å². The summed E-state index contributed by atoms with van der Waals surface area (Å²) in [5.41, 5.74) is 6.96. The molecule has 136 heavy (non-hydrogen) atoms. The minimum Gasteiger partial charge on any atom is -0.378 e. The lowest BCUT2D eigenvalue weighted by Crippen LogP contribution is -2.49. The Morgan fingerprint density at radius 3 is 0.956 bits per heavy atom. The second-order valence-corrected chi connectivity index (χ2v) is 39.2. The van der Waals surface area contributed by atoms with Gasteiger partial charge in [0.15, 0.2) is 0 Å². The number of imidazole rings is 4. The van der Waals surface area contributed by atoms with Crippen molar-refractivity contribution in [2.75, 3.05) is 174 Å². The third-order valence-electron chi connectivity index (χ3n) is 29.3. The van der Waals surface area contributed by atoms with Crippen molar-refractivity contribution >= 4 is 80.7 Å². The molecule has 36 heteroatoms. The van der Waals surface area contributed by atoms with Crippen molar-refractivity contribution in [2.24, 2.45) is 0 Å². The monoisotopic (exact) mass is 1930 g/mol. The van der Waals surface area contributed by atoms with E-state index in [0.29, 0.717) is 66.4 Å². The van der Waals surface area contributed by atoms with Gasteiger partial charge in [0.2, 0.25) is 11.9 Å². The first-order valence-electron chi connectivity index (χ1n) is 47.9. The molecule has 0 aromatic carbocycles. The van der Waals surface area contributed by atoms with E-state index in [0.717, 1.165) is 241 Å². The van der Waals surface area contributed by atoms with E-state index in [-0.39, 0.29) is 53.2 Å². The van der Waals surface area contributed by atoms with Crippen molar-refractivity contribution < 1.29 is 39.9 Å². The summed E-state index contributed by atoms with van der Waals surface area (Å²) in [5.74, 6) is 3.14. The van der Waals surface area contributed by atoms with Gasteiger partial charge in [0, 0.05) is 149 Å². The molecular weight excluding hydrogens is 1810 g/mol. The molecule has 20 heterocycles. The molecule has 0 saturated carbocycles. The maximum atomic E-state index is 16.0. The number of hydrogen-bond acceptors (Lipinski definition) is 21. The summed E-state index contributed by atoms with van der Waals surface area (Å²) >= 11 is 20.0. The Balaban J connectivity index is 0.000000126. The van der Waals surface area contributed by atoms with Crippen LogP contribution in [0.1, 0.15) is 215 Å². The van der Waals surface area contributed by atoms with Crippen molar-refractivity contribution in [3.05, 3.63) is 236 Å². The number of alkyl halides is 6. The third kappa shape index (κ3) is 20.3. The van der Waals surface area contributed by atoms with E-state index in [1.165, 1.54) is 24.5 Å². The van der Waals surface area contributed by atoms with Crippen LogP contribution < -0.4 is 19.6 Å². The molecule has 0 N–H and O–H groups in total. The molecule has 8 atom stereocenters. The highest BCUT2D eigenvalue weighted by atomic mass is 35.5. The van der Waals surface area contributed by atoms with Gasteiger partial charge in [0.1, 0.15) is 62.4 Å². The highest BCUT2D eigenvalue weighted by molar-refractivity contribution is 6.31. The fourth-order valence-electron chi connectivity index (χ4n) is 21.8. The molecule has 8 saturated heterocycles. The minimum absolute atomic E-state index is 0.00972. The highest BCUT2D eigenvalue weighted by Crippen LogP contribution is 2.50. The van der Waals surface area contributed by atoms with Gasteiger partial charge in [-0.05, 0) is 244 Å². The normalized spacial score (nSPS) is 22.9. The summed E-state index contributed by atoms with van der Waals surface area (Å²) in [5, 5.41) is 2.10. The van der Waals surface area contributed by atoms with Crippen molar-refractivity contribution in [3.63, 3.8) is 0 Å². The first kappa shape index (κ1) is 98.1. The molecule has 8 fully saturated rings. The van der Waals surface area contributed by atoms with E-state index in [1.54, 1.807) is 40.1 Å². The topological polar surface area (TPSA) is 169 Å². The Bertz CT molecular complexity index is 5900. The zero-order valence-electron chi connectivity index (χ0n) is 79.4. The van der Waals surface area contributed by atoms with Gasteiger partial charge in [0.25, 0.3) is 0 Å². The predicted molar refractivity (Wildman–Crippen MR) is 519 cm³/mol. The lowest BCUT2D eigenvalue weighted by Gasteiger charge is -2.39. The van der Waals surface area contributed by atoms with Crippen LogP contribution in [-0.4, -0.2) is 263 Å². The molecule has 0 aliphatic carbocycles. The number of piperidine rings is 4. The predicted octanol–water partition coefficient (Wildman–Crippen LogP) is 19.5. The molecule has 0 spiro atoms. The van der Waals surface area contributed by atoms with Gasteiger partial charge in [-0.15, -0.1) is 0 Å². The van der Waals surface area contributed by atoms with Crippen LogP contribution in [0, 0.1) is 11.9 Å². The van der Waals surface area contributed by atoms with Gasteiger partial charge in [-0.2, -0.15) is 35.1 Å². The standard InChI is InChI=1S/C26H33F3N6O.C25H32Cl2N6.C25H32ClFN6.C24H28F4N6/c1-32-13-15-34(16-14-32)23-11-5-10-22-31-25(21(17-36-3)35(22)23)20-9-4-8-19(33(20)2)24-18(26(27,28)29)7-6-12-30-24;2*1-17(2)31-13-15-32(16-14-31)22-11-5-10-21-29-24(25(27)33(21)22)20-9-4-8-19(30(20)3)23-18(26)7-6-12-28-23;1-31-12-14-33(15-13-31)20-10-4-9-19-30-22(23(25)34(19)20)18-8-3-7-17(32(18)2)21-16(24(26,27)28)6-5-11-29-21/h5-7,10-12,19-20H,4,8-9,13-17H2,1-3H3;2*5-7,10-12,17,19-20H,4,8-9,13-16H2,1-3H3;4-6,9-11,17-18H,3,7-8,12-15H2,1-2H3/t3*19-,20+;17-,18+/m0000/s1. The molecule has 0 unspecified atom stereocenters. The zero-order chi connectivity index (χ0) is 95.7. The van der Waals surface area contributed by atoms with Crippen molar-refractivity contribution in [1.29, 1.82) is 0 Å². The van der Waals surface area contributed by atoms with Crippen molar-refractivity contribution in [3.8, 4) is 0 Å². The molecule has 8 aliphatic rings. The van der Waals surface area contributed by atoms with Crippen LogP contribution in [0.25, 0.3) is 22.6 Å². The van der Waals surface area contributed by atoms with E-state index in [1.807, 2.05) is 91.9 Å². The smallest absolute Gasteiger partial charge is 0.378 e. The average molecular weight is 1940 g/mol. The Labute approximate surface area is 805 Å². The van der Waals surface area contributed by atoms with Gasteiger partial charge in [-0.1, -0.05) is 59.1 Å². The maximum Gasteiger partial charge on any atom is 0.418 e. The highest BCUT2D eigenvalue weighted by Gasteiger charge is 2.45. The van der Waals surface area contributed by atoms with Gasteiger partial charge in [0.05, 0.1) is 116 Å². The molecule has 25 nitrogen and oxygen atoms in total. The SMILES string of the molecule is CC(C)N1CCN(c2cccc3nc([C@H]4CCC[C@@H](c5ncccc5Cl)N4C)c(Cl)n23)CC1.CC(C)N1CCN(c2cccc3nc([C@H]4CCC[C@@H](c5ncccc5Cl)N4C)c(F)n23)CC1.CN1CCN(c2cccc3nc([C@H]4CCC[C@@H](c5ncccc5C(F)(F)F)N4C)c(F)n23)CC1.COCc1c([C@H]2CCC[C@@H](c3ncccc3C(F)(F)F)N2C)nc2cccc(N3CCN(C)CC3)n12. The first-order chi connectivity index (χ1) is 65.4. The van der Waals surface area contributed by atoms with Gasteiger partial charge in [-0.25, -0.2) is 19.9 Å². The number of rotatable bonds is 16. The fourth-order valence-corrected chi connectivity index (χ4v) is 22.6. The molecule has 728 valence electrons. The number of methoxy groups -OCH3 is 1. The molecule has 0 amide bonds. The van der Waals surface area contributed by atoms with E-state index in [9.17, 15) is 26.3 Å².